The van der Waals surface area contributed by atoms with Crippen LogP contribution in [-0.2, 0) is 13.1 Å². The van der Waals surface area contributed by atoms with Gasteiger partial charge in [-0.05, 0) is 31.5 Å². The van der Waals surface area contributed by atoms with Crippen LogP contribution in [0.2, 0.25) is 0 Å². The van der Waals surface area contributed by atoms with E-state index in [0.717, 1.165) is 13.1 Å². The summed E-state index contributed by atoms with van der Waals surface area (Å²) in [5, 5.41) is 1.26. The number of nitrogens with zero attached hydrogens (tertiary/aromatic N) is 2. The Morgan fingerprint density at radius 2 is 2.04 bits per heavy atom. The van der Waals surface area contributed by atoms with Crippen molar-refractivity contribution in [2.24, 2.45) is 0 Å². The molecular weight excluding hydrogens is 304 g/mol. The maximum absolute atomic E-state index is 11.8. The van der Waals surface area contributed by atoms with Crippen molar-refractivity contribution in [3.05, 3.63) is 64.3 Å². The summed E-state index contributed by atoms with van der Waals surface area (Å²) in [7, 11) is 3.48. The van der Waals surface area contributed by atoms with E-state index in [9.17, 15) is 4.79 Å². The van der Waals surface area contributed by atoms with Crippen LogP contribution in [0.4, 0.5) is 0 Å². The second-order valence-corrected chi connectivity index (χ2v) is 6.01. The van der Waals surface area contributed by atoms with Gasteiger partial charge in [0.1, 0.15) is 12.0 Å². The van der Waals surface area contributed by atoms with Gasteiger partial charge in [0.05, 0.1) is 13.7 Å². The number of aryl methyl sites for hydroxylation is 1. The van der Waals surface area contributed by atoms with Gasteiger partial charge in [0.15, 0.2) is 0 Å². The standard InChI is InChI=1S/C19H22N2O3/c1-14-10-15-6-4-5-7-17(15)21(14)9-8-20(2)12-16-11-18(22)19(23-3)13-24-16/h4-7,10-11,13H,8-9,12H2,1-3H3. The zero-order valence-corrected chi connectivity index (χ0v) is 14.3. The molecule has 0 spiro atoms. The fraction of sp³-hybridized carbons (Fsp3) is 0.316. The summed E-state index contributed by atoms with van der Waals surface area (Å²) in [6.07, 6.45) is 1.37. The molecule has 3 aromatic rings. The Hall–Kier alpha value is -2.53. The molecule has 0 aliphatic heterocycles. The Morgan fingerprint density at radius 1 is 1.25 bits per heavy atom. The van der Waals surface area contributed by atoms with Crippen molar-refractivity contribution in [1.29, 1.82) is 0 Å². The van der Waals surface area contributed by atoms with Gasteiger partial charge in [0, 0.05) is 30.4 Å². The van der Waals surface area contributed by atoms with Crippen LogP contribution >= 0.6 is 0 Å². The third-order valence-electron chi connectivity index (χ3n) is 4.22. The predicted molar refractivity (Wildman–Crippen MR) is 94.5 cm³/mol. The lowest BCUT2D eigenvalue weighted by Gasteiger charge is -2.17. The third-order valence-corrected chi connectivity index (χ3v) is 4.22. The van der Waals surface area contributed by atoms with Gasteiger partial charge in [0.25, 0.3) is 0 Å². The summed E-state index contributed by atoms with van der Waals surface area (Å²) >= 11 is 0. The highest BCUT2D eigenvalue weighted by molar-refractivity contribution is 5.81. The number of likely N-dealkylation sites (N-methyl/N-ethyl adjacent to an activating group) is 1. The van der Waals surface area contributed by atoms with E-state index in [4.69, 9.17) is 9.15 Å². The first-order chi connectivity index (χ1) is 11.6. The second-order valence-electron chi connectivity index (χ2n) is 6.01. The first-order valence-corrected chi connectivity index (χ1v) is 7.97. The van der Waals surface area contributed by atoms with Crippen molar-refractivity contribution >= 4 is 10.9 Å². The average Bonchev–Trinajstić information content (AvgIpc) is 2.88. The molecule has 24 heavy (non-hydrogen) atoms. The molecule has 0 bridgehead atoms. The van der Waals surface area contributed by atoms with Gasteiger partial charge >= 0.3 is 0 Å². The zero-order chi connectivity index (χ0) is 17.1. The number of benzene rings is 1. The van der Waals surface area contributed by atoms with Crippen molar-refractivity contribution in [2.75, 3.05) is 20.7 Å². The summed E-state index contributed by atoms with van der Waals surface area (Å²) in [6, 6.07) is 12.1. The minimum Gasteiger partial charge on any atom is -0.490 e. The van der Waals surface area contributed by atoms with Crippen LogP contribution in [0.5, 0.6) is 5.75 Å². The molecule has 2 aromatic heterocycles. The summed E-state index contributed by atoms with van der Waals surface area (Å²) in [5.41, 5.74) is 2.35. The molecular formula is C19H22N2O3. The van der Waals surface area contributed by atoms with Crippen molar-refractivity contribution in [3.8, 4) is 5.75 Å². The number of rotatable bonds is 6. The van der Waals surface area contributed by atoms with E-state index in [1.54, 1.807) is 0 Å². The number of hydrogen-bond donors (Lipinski definition) is 0. The lowest BCUT2D eigenvalue weighted by atomic mass is 10.2. The maximum Gasteiger partial charge on any atom is 0.227 e. The largest absolute Gasteiger partial charge is 0.490 e. The van der Waals surface area contributed by atoms with Gasteiger partial charge in [0.2, 0.25) is 11.2 Å². The van der Waals surface area contributed by atoms with E-state index in [2.05, 4.69) is 46.7 Å². The molecule has 0 N–H and O–H groups in total. The number of methoxy groups -OCH3 is 1. The Morgan fingerprint density at radius 3 is 2.79 bits per heavy atom. The van der Waals surface area contributed by atoms with Crippen LogP contribution < -0.4 is 10.2 Å². The van der Waals surface area contributed by atoms with Crippen LogP contribution in [-0.4, -0.2) is 30.2 Å². The van der Waals surface area contributed by atoms with E-state index in [-0.39, 0.29) is 11.2 Å². The van der Waals surface area contributed by atoms with Crippen LogP contribution in [0.25, 0.3) is 10.9 Å². The number of aromatic nitrogens is 1. The van der Waals surface area contributed by atoms with Gasteiger partial charge < -0.3 is 13.7 Å². The molecule has 0 radical (unpaired) electrons. The molecule has 5 heteroatoms. The SMILES string of the molecule is COc1coc(CN(C)CCn2c(C)cc3ccccc32)cc1=O. The van der Waals surface area contributed by atoms with Crippen molar-refractivity contribution in [1.82, 2.24) is 9.47 Å². The molecule has 0 aliphatic rings. The maximum atomic E-state index is 11.8. The second kappa shape index (κ2) is 6.93. The van der Waals surface area contributed by atoms with E-state index in [1.165, 1.54) is 36.0 Å². The van der Waals surface area contributed by atoms with Crippen molar-refractivity contribution in [2.45, 2.75) is 20.0 Å². The summed E-state index contributed by atoms with van der Waals surface area (Å²) < 4.78 is 12.7. The lowest BCUT2D eigenvalue weighted by Crippen LogP contribution is -2.23. The highest BCUT2D eigenvalue weighted by atomic mass is 16.5. The molecule has 0 unspecified atom stereocenters. The Labute approximate surface area is 141 Å². The topological polar surface area (TPSA) is 47.6 Å². The summed E-state index contributed by atoms with van der Waals surface area (Å²) in [4.78, 5) is 13.9. The normalized spacial score (nSPS) is 11.3. The Bertz CT molecular complexity index is 895. The summed E-state index contributed by atoms with van der Waals surface area (Å²) in [6.45, 7) is 4.45. The van der Waals surface area contributed by atoms with Crippen LogP contribution in [0, 0.1) is 6.92 Å². The van der Waals surface area contributed by atoms with Crippen molar-refractivity contribution in [3.63, 3.8) is 0 Å². The minimum atomic E-state index is -0.153. The van der Waals surface area contributed by atoms with Crippen LogP contribution in [0.3, 0.4) is 0 Å². The molecule has 0 amide bonds. The third kappa shape index (κ3) is 3.36. The average molecular weight is 326 g/mol. The van der Waals surface area contributed by atoms with Gasteiger partial charge in [-0.3, -0.25) is 9.69 Å². The highest BCUT2D eigenvalue weighted by Gasteiger charge is 2.09. The van der Waals surface area contributed by atoms with Crippen molar-refractivity contribution < 1.29 is 9.15 Å². The number of hydrogen-bond acceptors (Lipinski definition) is 4. The van der Waals surface area contributed by atoms with E-state index in [1.807, 2.05) is 7.05 Å². The molecule has 5 nitrogen and oxygen atoms in total. The molecule has 0 aliphatic carbocycles. The first kappa shape index (κ1) is 16.3. The minimum absolute atomic E-state index is 0.153. The smallest absolute Gasteiger partial charge is 0.227 e. The quantitative estimate of drug-likeness (QED) is 0.698. The van der Waals surface area contributed by atoms with E-state index in [0.29, 0.717) is 12.3 Å². The monoisotopic (exact) mass is 326 g/mol. The Balaban J connectivity index is 1.67. The number of fused-ring (bicyclic) bond motifs is 1. The molecule has 3 rings (SSSR count). The fourth-order valence-electron chi connectivity index (χ4n) is 2.93. The molecule has 1 aromatic carbocycles. The molecule has 0 fully saturated rings. The fourth-order valence-corrected chi connectivity index (χ4v) is 2.93. The first-order valence-electron chi connectivity index (χ1n) is 7.97. The van der Waals surface area contributed by atoms with Gasteiger partial charge in [-0.1, -0.05) is 18.2 Å². The lowest BCUT2D eigenvalue weighted by molar-refractivity contribution is 0.277. The molecule has 0 atom stereocenters. The van der Waals surface area contributed by atoms with E-state index < -0.39 is 0 Å². The van der Waals surface area contributed by atoms with Gasteiger partial charge in [-0.25, -0.2) is 0 Å². The molecule has 126 valence electrons. The van der Waals surface area contributed by atoms with Crippen LogP contribution in [0.15, 0.2) is 51.9 Å². The molecule has 0 saturated heterocycles. The molecule has 2 heterocycles. The zero-order valence-electron chi connectivity index (χ0n) is 14.3. The molecule has 0 saturated carbocycles. The predicted octanol–water partition coefficient (Wildman–Crippen LogP) is 3.04. The number of para-hydroxylation sites is 1. The van der Waals surface area contributed by atoms with Crippen LogP contribution in [0.1, 0.15) is 11.5 Å². The summed E-state index contributed by atoms with van der Waals surface area (Å²) in [5.74, 6) is 0.869. The highest BCUT2D eigenvalue weighted by Crippen LogP contribution is 2.19. The number of ether oxygens (including phenoxy) is 1. The van der Waals surface area contributed by atoms with E-state index >= 15 is 0 Å². The van der Waals surface area contributed by atoms with Gasteiger partial charge in [-0.2, -0.15) is 0 Å². The Kier molecular flexibility index (Phi) is 4.71. The van der Waals surface area contributed by atoms with Gasteiger partial charge in [-0.15, -0.1) is 0 Å².